The van der Waals surface area contributed by atoms with Gasteiger partial charge in [-0.3, -0.25) is 15.6 Å². The molecule has 0 heterocycles. The fraction of sp³-hybridized carbons (Fsp3) is 0.188. The molecular weight excluding hydrogens is 309 g/mol. The van der Waals surface area contributed by atoms with Crippen LogP contribution in [0, 0.1) is 0 Å². The number of hydrogen-bond donors (Lipinski definition) is 3. The zero-order valence-corrected chi connectivity index (χ0v) is 12.0. The lowest BCUT2D eigenvalue weighted by atomic mass is 10.1. The number of hydrogen-bond acceptors (Lipinski definition) is 3. The molecule has 0 radical (unpaired) electrons. The molecule has 0 saturated heterocycles. The van der Waals surface area contributed by atoms with Crippen molar-refractivity contribution in [3.63, 3.8) is 0 Å². The molecule has 3 N–H and O–H groups in total. The van der Waals surface area contributed by atoms with E-state index in [1.54, 1.807) is 30.3 Å². The predicted octanol–water partition coefficient (Wildman–Crippen LogP) is 3.27. The minimum atomic E-state index is -4.53. The Morgan fingerprint density at radius 3 is 2.30 bits per heavy atom. The third-order valence-corrected chi connectivity index (χ3v) is 3.13. The number of aliphatic hydroxyl groups is 1. The van der Waals surface area contributed by atoms with Gasteiger partial charge in [0.05, 0.1) is 23.8 Å². The molecule has 7 heteroatoms. The summed E-state index contributed by atoms with van der Waals surface area (Å²) in [5, 5.41) is 9.90. The second-order valence-corrected chi connectivity index (χ2v) is 4.85. The van der Waals surface area contributed by atoms with Crippen LogP contribution in [0.5, 0.6) is 0 Å². The van der Waals surface area contributed by atoms with Gasteiger partial charge in [-0.15, -0.1) is 0 Å². The maximum absolute atomic E-state index is 12.8. The van der Waals surface area contributed by atoms with Crippen LogP contribution >= 0.6 is 0 Å². The summed E-state index contributed by atoms with van der Waals surface area (Å²) in [5.74, 6) is -0.627. The van der Waals surface area contributed by atoms with Crippen LogP contribution in [0.2, 0.25) is 0 Å². The number of benzene rings is 2. The summed E-state index contributed by atoms with van der Waals surface area (Å²) in [6.07, 6.45) is -5.83. The standard InChI is InChI=1S/C16H15F3N2O2/c17-16(18,19)12-8-4-5-9-13(12)20-21-15(23)10-14(22)11-6-2-1-3-7-11/h1-9,14,20,22H,10H2,(H,21,23). The first-order valence-electron chi connectivity index (χ1n) is 6.82. The molecule has 0 fully saturated rings. The van der Waals surface area contributed by atoms with Gasteiger partial charge in [-0.05, 0) is 17.7 Å². The lowest BCUT2D eigenvalue weighted by Crippen LogP contribution is -2.31. The van der Waals surface area contributed by atoms with Crippen molar-refractivity contribution >= 4 is 11.6 Å². The molecule has 2 aromatic carbocycles. The van der Waals surface area contributed by atoms with Gasteiger partial charge in [0.25, 0.3) is 0 Å². The van der Waals surface area contributed by atoms with E-state index in [-0.39, 0.29) is 12.1 Å². The Balaban J connectivity index is 1.95. The van der Waals surface area contributed by atoms with Crippen molar-refractivity contribution in [2.45, 2.75) is 18.7 Å². The first-order chi connectivity index (χ1) is 10.9. The average molecular weight is 324 g/mol. The highest BCUT2D eigenvalue weighted by Crippen LogP contribution is 2.34. The largest absolute Gasteiger partial charge is 0.418 e. The minimum Gasteiger partial charge on any atom is -0.388 e. The Bertz CT molecular complexity index is 660. The third kappa shape index (κ3) is 4.72. The fourth-order valence-electron chi connectivity index (χ4n) is 2.00. The van der Waals surface area contributed by atoms with Crippen molar-refractivity contribution in [2.75, 3.05) is 5.43 Å². The number of aliphatic hydroxyl groups excluding tert-OH is 1. The van der Waals surface area contributed by atoms with Crippen LogP contribution in [0.25, 0.3) is 0 Å². The number of anilines is 1. The van der Waals surface area contributed by atoms with E-state index >= 15 is 0 Å². The molecule has 0 saturated carbocycles. The lowest BCUT2D eigenvalue weighted by molar-refractivity contribution is -0.137. The van der Waals surface area contributed by atoms with E-state index in [0.29, 0.717) is 5.56 Å². The van der Waals surface area contributed by atoms with Crippen LogP contribution in [0.4, 0.5) is 18.9 Å². The molecular formula is C16H15F3N2O2. The van der Waals surface area contributed by atoms with Crippen molar-refractivity contribution in [2.24, 2.45) is 0 Å². The summed E-state index contributed by atoms with van der Waals surface area (Å²) in [6, 6.07) is 13.3. The Hall–Kier alpha value is -2.54. The van der Waals surface area contributed by atoms with Crippen molar-refractivity contribution in [3.8, 4) is 0 Å². The second-order valence-electron chi connectivity index (χ2n) is 4.85. The van der Waals surface area contributed by atoms with E-state index in [2.05, 4.69) is 10.9 Å². The predicted molar refractivity (Wildman–Crippen MR) is 79.2 cm³/mol. The average Bonchev–Trinajstić information content (AvgIpc) is 2.53. The van der Waals surface area contributed by atoms with Gasteiger partial charge < -0.3 is 5.11 Å². The monoisotopic (exact) mass is 324 g/mol. The zero-order chi connectivity index (χ0) is 16.9. The van der Waals surface area contributed by atoms with E-state index in [1.807, 2.05) is 0 Å². The molecule has 2 rings (SSSR count). The summed E-state index contributed by atoms with van der Waals surface area (Å²) in [5.41, 5.74) is 3.82. The van der Waals surface area contributed by atoms with Gasteiger partial charge in [0, 0.05) is 0 Å². The van der Waals surface area contributed by atoms with E-state index < -0.39 is 23.8 Å². The van der Waals surface area contributed by atoms with Gasteiger partial charge in [-0.1, -0.05) is 42.5 Å². The Morgan fingerprint density at radius 2 is 1.65 bits per heavy atom. The highest BCUT2D eigenvalue weighted by atomic mass is 19.4. The molecule has 23 heavy (non-hydrogen) atoms. The highest BCUT2D eigenvalue weighted by Gasteiger charge is 2.33. The number of carbonyl (C=O) groups excluding carboxylic acids is 1. The lowest BCUT2D eigenvalue weighted by Gasteiger charge is -2.16. The molecule has 1 amide bonds. The van der Waals surface area contributed by atoms with Crippen molar-refractivity contribution in [1.82, 2.24) is 5.43 Å². The third-order valence-electron chi connectivity index (χ3n) is 3.13. The number of halogens is 3. The number of hydrazine groups is 1. The van der Waals surface area contributed by atoms with Crippen LogP contribution in [-0.2, 0) is 11.0 Å². The minimum absolute atomic E-state index is 0.262. The van der Waals surface area contributed by atoms with Crippen LogP contribution in [-0.4, -0.2) is 11.0 Å². The van der Waals surface area contributed by atoms with Crippen LogP contribution < -0.4 is 10.9 Å². The first kappa shape index (κ1) is 16.8. The first-order valence-corrected chi connectivity index (χ1v) is 6.82. The van der Waals surface area contributed by atoms with Crippen molar-refractivity contribution in [1.29, 1.82) is 0 Å². The van der Waals surface area contributed by atoms with E-state index in [4.69, 9.17) is 0 Å². The molecule has 1 unspecified atom stereocenters. The molecule has 4 nitrogen and oxygen atoms in total. The van der Waals surface area contributed by atoms with E-state index in [1.165, 1.54) is 18.2 Å². The van der Waals surface area contributed by atoms with E-state index in [9.17, 15) is 23.1 Å². The molecule has 1 atom stereocenters. The summed E-state index contributed by atoms with van der Waals surface area (Å²) >= 11 is 0. The van der Waals surface area contributed by atoms with Crippen LogP contribution in [0.1, 0.15) is 23.7 Å². The summed E-state index contributed by atoms with van der Waals surface area (Å²) < 4.78 is 38.4. The normalized spacial score (nSPS) is 12.5. The molecule has 0 aliphatic carbocycles. The molecule has 0 aromatic heterocycles. The molecule has 0 bridgehead atoms. The van der Waals surface area contributed by atoms with E-state index in [0.717, 1.165) is 6.07 Å². The number of para-hydroxylation sites is 1. The number of alkyl halides is 3. The maximum atomic E-state index is 12.8. The smallest absolute Gasteiger partial charge is 0.388 e. The second kappa shape index (κ2) is 7.15. The molecule has 0 aliphatic rings. The Labute approximate surface area is 130 Å². The summed E-state index contributed by atoms with van der Waals surface area (Å²) in [6.45, 7) is 0. The topological polar surface area (TPSA) is 61.4 Å². The van der Waals surface area contributed by atoms with Gasteiger partial charge >= 0.3 is 6.18 Å². The maximum Gasteiger partial charge on any atom is 0.418 e. The van der Waals surface area contributed by atoms with Gasteiger partial charge in [0.2, 0.25) is 5.91 Å². The van der Waals surface area contributed by atoms with Crippen molar-refractivity contribution in [3.05, 3.63) is 65.7 Å². The Morgan fingerprint density at radius 1 is 1.04 bits per heavy atom. The van der Waals surface area contributed by atoms with Crippen molar-refractivity contribution < 1.29 is 23.1 Å². The summed E-state index contributed by atoms with van der Waals surface area (Å²) in [4.78, 5) is 11.7. The number of nitrogens with one attached hydrogen (secondary N) is 2. The zero-order valence-electron chi connectivity index (χ0n) is 12.0. The van der Waals surface area contributed by atoms with Crippen LogP contribution in [0.3, 0.4) is 0 Å². The highest BCUT2D eigenvalue weighted by molar-refractivity contribution is 5.78. The number of carbonyl (C=O) groups is 1. The number of rotatable bonds is 5. The molecule has 0 spiro atoms. The molecule has 2 aromatic rings. The van der Waals surface area contributed by atoms with Gasteiger partial charge in [-0.25, -0.2) is 0 Å². The number of amides is 1. The molecule has 0 aliphatic heterocycles. The molecule has 122 valence electrons. The quantitative estimate of drug-likeness (QED) is 0.740. The fourth-order valence-corrected chi connectivity index (χ4v) is 2.00. The van der Waals surface area contributed by atoms with Gasteiger partial charge in [0.1, 0.15) is 0 Å². The SMILES string of the molecule is O=C(CC(O)c1ccccc1)NNc1ccccc1C(F)(F)F. The summed E-state index contributed by atoms with van der Waals surface area (Å²) in [7, 11) is 0. The van der Waals surface area contributed by atoms with Crippen LogP contribution in [0.15, 0.2) is 54.6 Å². The van der Waals surface area contributed by atoms with Gasteiger partial charge in [-0.2, -0.15) is 13.2 Å². The Kier molecular flexibility index (Phi) is 5.23. The van der Waals surface area contributed by atoms with Gasteiger partial charge in [0.15, 0.2) is 0 Å².